The van der Waals surface area contributed by atoms with Crippen molar-refractivity contribution in [2.45, 2.75) is 26.4 Å². The first kappa shape index (κ1) is 20.3. The quantitative estimate of drug-likeness (QED) is 0.337. The Morgan fingerprint density at radius 2 is 1.94 bits per heavy atom. The average Bonchev–Trinajstić information content (AvgIpc) is 3.16. The Labute approximate surface area is 179 Å². The zero-order valence-corrected chi connectivity index (χ0v) is 17.4. The maximum absolute atomic E-state index is 13.0. The molecule has 0 aliphatic rings. The van der Waals surface area contributed by atoms with Gasteiger partial charge in [0, 0.05) is 16.8 Å². The molecule has 6 nitrogen and oxygen atoms in total. The SMILES string of the molecule is C/C=C\C=C\c1ncc(NC(C)c2ccc3oc4ccccc4c3c2)c(=O)n1CC=O. The highest BCUT2D eigenvalue weighted by atomic mass is 16.3. The van der Waals surface area contributed by atoms with Gasteiger partial charge in [-0.15, -0.1) is 0 Å². The Bertz CT molecular complexity index is 1360. The molecule has 0 bridgehead atoms. The fourth-order valence-electron chi connectivity index (χ4n) is 3.57. The zero-order valence-electron chi connectivity index (χ0n) is 17.4. The van der Waals surface area contributed by atoms with Gasteiger partial charge in [0.1, 0.15) is 29.0 Å². The lowest BCUT2D eigenvalue weighted by atomic mass is 10.0. The first-order chi connectivity index (χ1) is 15.1. The molecule has 2 aromatic heterocycles. The van der Waals surface area contributed by atoms with Crippen LogP contribution in [0.1, 0.15) is 31.3 Å². The number of carbonyl (C=O) groups excluding carboxylic acids is 1. The minimum Gasteiger partial charge on any atom is -0.456 e. The summed E-state index contributed by atoms with van der Waals surface area (Å²) in [7, 11) is 0. The highest BCUT2D eigenvalue weighted by molar-refractivity contribution is 6.05. The summed E-state index contributed by atoms with van der Waals surface area (Å²) >= 11 is 0. The van der Waals surface area contributed by atoms with Gasteiger partial charge in [0.15, 0.2) is 0 Å². The number of fused-ring (bicyclic) bond motifs is 3. The van der Waals surface area contributed by atoms with E-state index in [-0.39, 0.29) is 18.1 Å². The summed E-state index contributed by atoms with van der Waals surface area (Å²) < 4.78 is 7.25. The molecule has 156 valence electrons. The molecule has 2 heterocycles. The lowest BCUT2D eigenvalue weighted by Crippen LogP contribution is -2.27. The summed E-state index contributed by atoms with van der Waals surface area (Å²) in [6, 6.07) is 13.8. The number of allylic oxidation sites excluding steroid dienone is 3. The molecule has 0 amide bonds. The second-order valence-electron chi connectivity index (χ2n) is 7.22. The fourth-order valence-corrected chi connectivity index (χ4v) is 3.57. The van der Waals surface area contributed by atoms with Crippen LogP contribution in [-0.2, 0) is 11.3 Å². The summed E-state index contributed by atoms with van der Waals surface area (Å²) in [6.45, 7) is 3.82. The van der Waals surface area contributed by atoms with Crippen molar-refractivity contribution < 1.29 is 9.21 Å². The van der Waals surface area contributed by atoms with Crippen molar-refractivity contribution in [2.24, 2.45) is 0 Å². The largest absolute Gasteiger partial charge is 0.456 e. The van der Waals surface area contributed by atoms with Gasteiger partial charge in [-0.05, 0) is 43.7 Å². The summed E-state index contributed by atoms with van der Waals surface area (Å²) in [5.74, 6) is 0.430. The van der Waals surface area contributed by atoms with Crippen LogP contribution in [0.5, 0.6) is 0 Å². The molecule has 1 N–H and O–H groups in total. The molecule has 6 heteroatoms. The molecule has 0 spiro atoms. The van der Waals surface area contributed by atoms with Gasteiger partial charge >= 0.3 is 0 Å². The normalized spacial score (nSPS) is 12.8. The van der Waals surface area contributed by atoms with Crippen LogP contribution in [-0.4, -0.2) is 15.8 Å². The monoisotopic (exact) mass is 413 g/mol. The van der Waals surface area contributed by atoms with E-state index < -0.39 is 0 Å². The average molecular weight is 413 g/mol. The number of nitrogens with zero attached hydrogens (tertiary/aromatic N) is 2. The van der Waals surface area contributed by atoms with Gasteiger partial charge < -0.3 is 14.5 Å². The Hall–Kier alpha value is -3.93. The number of aldehydes is 1. The summed E-state index contributed by atoms with van der Waals surface area (Å²) in [5.41, 5.74) is 2.73. The number of para-hydroxylation sites is 1. The number of hydrogen-bond donors (Lipinski definition) is 1. The molecule has 0 saturated heterocycles. The fraction of sp³-hybridized carbons (Fsp3) is 0.160. The van der Waals surface area contributed by atoms with Gasteiger partial charge in [0.05, 0.1) is 12.7 Å². The third-order valence-electron chi connectivity index (χ3n) is 5.16. The van der Waals surface area contributed by atoms with E-state index in [0.717, 1.165) is 27.5 Å². The highest BCUT2D eigenvalue weighted by Gasteiger charge is 2.14. The first-order valence-electron chi connectivity index (χ1n) is 10.1. The Balaban J connectivity index is 1.67. The van der Waals surface area contributed by atoms with E-state index in [2.05, 4.69) is 16.4 Å². The van der Waals surface area contributed by atoms with E-state index in [1.165, 1.54) is 10.8 Å². The molecule has 1 atom stereocenters. The van der Waals surface area contributed by atoms with Crippen LogP contribution in [0.25, 0.3) is 28.0 Å². The van der Waals surface area contributed by atoms with Crippen LogP contribution >= 0.6 is 0 Å². The first-order valence-corrected chi connectivity index (χ1v) is 10.1. The van der Waals surface area contributed by atoms with Crippen molar-refractivity contribution in [3.8, 4) is 0 Å². The third kappa shape index (κ3) is 4.05. The molecule has 31 heavy (non-hydrogen) atoms. The maximum Gasteiger partial charge on any atom is 0.277 e. The van der Waals surface area contributed by atoms with Crippen LogP contribution in [0.2, 0.25) is 0 Å². The van der Waals surface area contributed by atoms with Gasteiger partial charge in [-0.2, -0.15) is 0 Å². The van der Waals surface area contributed by atoms with E-state index in [1.54, 1.807) is 12.2 Å². The van der Waals surface area contributed by atoms with Gasteiger partial charge in [0.25, 0.3) is 5.56 Å². The topological polar surface area (TPSA) is 77.1 Å². The maximum atomic E-state index is 13.0. The van der Waals surface area contributed by atoms with E-state index in [4.69, 9.17) is 4.42 Å². The Kier molecular flexibility index (Phi) is 5.80. The lowest BCUT2D eigenvalue weighted by molar-refractivity contribution is -0.108. The second kappa shape index (κ2) is 8.83. The van der Waals surface area contributed by atoms with Gasteiger partial charge in [0.2, 0.25) is 0 Å². The molecular weight excluding hydrogens is 390 g/mol. The van der Waals surface area contributed by atoms with Crippen molar-refractivity contribution in [3.63, 3.8) is 0 Å². The van der Waals surface area contributed by atoms with Crippen LogP contribution in [0.15, 0.2) is 76.1 Å². The number of hydrogen-bond acceptors (Lipinski definition) is 5. The number of furan rings is 1. The number of benzene rings is 2. The molecule has 0 fully saturated rings. The molecular formula is C25H23N3O3. The predicted octanol–water partition coefficient (Wildman–Crippen LogP) is 5.10. The van der Waals surface area contributed by atoms with Gasteiger partial charge in [-0.3, -0.25) is 9.36 Å². The van der Waals surface area contributed by atoms with Gasteiger partial charge in [-0.25, -0.2) is 4.98 Å². The minimum absolute atomic E-state index is 0.0573. The summed E-state index contributed by atoms with van der Waals surface area (Å²) in [6.07, 6.45) is 9.40. The van der Waals surface area contributed by atoms with E-state index in [9.17, 15) is 9.59 Å². The highest BCUT2D eigenvalue weighted by Crippen LogP contribution is 2.31. The molecule has 1 unspecified atom stereocenters. The van der Waals surface area contributed by atoms with Crippen molar-refractivity contribution in [3.05, 3.63) is 88.6 Å². The third-order valence-corrected chi connectivity index (χ3v) is 5.16. The van der Waals surface area contributed by atoms with Crippen LogP contribution in [0, 0.1) is 0 Å². The van der Waals surface area contributed by atoms with Crippen molar-refractivity contribution >= 4 is 40.0 Å². The van der Waals surface area contributed by atoms with Crippen molar-refractivity contribution in [1.82, 2.24) is 9.55 Å². The minimum atomic E-state index is -0.288. The van der Waals surface area contributed by atoms with Crippen molar-refractivity contribution in [2.75, 3.05) is 5.32 Å². The van der Waals surface area contributed by atoms with Crippen molar-refractivity contribution in [1.29, 1.82) is 0 Å². The number of rotatable bonds is 7. The van der Waals surface area contributed by atoms with E-state index in [1.807, 2.05) is 62.4 Å². The molecule has 0 saturated carbocycles. The zero-order chi connectivity index (χ0) is 21.8. The van der Waals surface area contributed by atoms with Gasteiger partial charge in [-0.1, -0.05) is 42.5 Å². The van der Waals surface area contributed by atoms with E-state index >= 15 is 0 Å². The number of nitrogens with one attached hydrogen (secondary N) is 1. The molecule has 2 aromatic carbocycles. The molecule has 0 radical (unpaired) electrons. The smallest absolute Gasteiger partial charge is 0.277 e. The molecule has 0 aliphatic carbocycles. The summed E-state index contributed by atoms with van der Waals surface area (Å²) in [4.78, 5) is 28.4. The van der Waals surface area contributed by atoms with Crippen LogP contribution < -0.4 is 10.9 Å². The standard InChI is InChI=1S/C25H23N3O3/c1-3-4-5-10-24-26-16-21(25(30)28(24)13-14-29)27-17(2)18-11-12-23-20(15-18)19-8-6-7-9-22(19)31-23/h3-12,14-17,27H,13H2,1-2H3/b4-3-,10-5+. The molecule has 4 rings (SSSR count). The number of aromatic nitrogens is 2. The lowest BCUT2D eigenvalue weighted by Gasteiger charge is -2.16. The number of carbonyl (C=O) groups is 1. The Morgan fingerprint density at radius 1 is 1.13 bits per heavy atom. The molecule has 4 aromatic rings. The Morgan fingerprint density at radius 3 is 2.74 bits per heavy atom. The van der Waals surface area contributed by atoms with Crippen LogP contribution in [0.4, 0.5) is 5.69 Å². The number of anilines is 1. The van der Waals surface area contributed by atoms with E-state index in [0.29, 0.717) is 17.8 Å². The molecule has 0 aliphatic heterocycles. The summed E-state index contributed by atoms with van der Waals surface area (Å²) in [5, 5.41) is 5.33. The second-order valence-corrected chi connectivity index (χ2v) is 7.22. The predicted molar refractivity (Wildman–Crippen MR) is 124 cm³/mol. The van der Waals surface area contributed by atoms with Crippen LogP contribution in [0.3, 0.4) is 0 Å².